The molecule has 0 fully saturated rings. The van der Waals surface area contributed by atoms with Gasteiger partial charge >= 0.3 is 0 Å². The minimum Gasteiger partial charge on any atom is -0.490 e. The van der Waals surface area contributed by atoms with E-state index >= 15 is 0 Å². The molecule has 53 heavy (non-hydrogen) atoms. The molecule has 0 saturated heterocycles. The summed E-state index contributed by atoms with van der Waals surface area (Å²) in [7, 11) is 0. The number of aromatic nitrogens is 3. The SMILES string of the molecule is CC(C)(c1cccc(-c2ccccc2)n1)c1cccc(-c2cc(OCCOc3ccccn3)c(OCCOc3ccccc3)cc2-c2ccccc2)n1. The average Bonchev–Trinajstić information content (AvgIpc) is 3.22. The van der Waals surface area contributed by atoms with E-state index in [1.807, 2.05) is 109 Å². The molecule has 0 amide bonds. The molecule has 7 heteroatoms. The zero-order chi connectivity index (χ0) is 36.3. The van der Waals surface area contributed by atoms with Crippen molar-refractivity contribution in [3.63, 3.8) is 0 Å². The molecular formula is C46H41N3O4. The highest BCUT2D eigenvalue weighted by Gasteiger charge is 2.28. The van der Waals surface area contributed by atoms with Gasteiger partial charge in [-0.15, -0.1) is 0 Å². The summed E-state index contributed by atoms with van der Waals surface area (Å²) in [5.74, 6) is 2.50. The molecule has 264 valence electrons. The summed E-state index contributed by atoms with van der Waals surface area (Å²) in [6.45, 7) is 5.60. The fourth-order valence-corrected chi connectivity index (χ4v) is 6.03. The van der Waals surface area contributed by atoms with Crippen LogP contribution in [0.15, 0.2) is 164 Å². The summed E-state index contributed by atoms with van der Waals surface area (Å²) in [5, 5.41) is 0. The van der Waals surface area contributed by atoms with Crippen molar-refractivity contribution in [3.8, 4) is 56.8 Å². The average molecular weight is 700 g/mol. The van der Waals surface area contributed by atoms with E-state index in [1.165, 1.54) is 0 Å². The Hall–Kier alpha value is -6.47. The Morgan fingerprint density at radius 1 is 0.453 bits per heavy atom. The summed E-state index contributed by atoms with van der Waals surface area (Å²) in [4.78, 5) is 14.7. The van der Waals surface area contributed by atoms with Crippen LogP contribution in [0.5, 0.6) is 23.1 Å². The van der Waals surface area contributed by atoms with Gasteiger partial charge in [-0.2, -0.15) is 0 Å². The van der Waals surface area contributed by atoms with Gasteiger partial charge in [0.1, 0.15) is 32.2 Å². The molecule has 0 atom stereocenters. The molecule has 4 aromatic carbocycles. The van der Waals surface area contributed by atoms with Crippen LogP contribution in [0.3, 0.4) is 0 Å². The maximum atomic E-state index is 6.39. The van der Waals surface area contributed by atoms with Gasteiger partial charge in [-0.1, -0.05) is 97.1 Å². The second-order valence-electron chi connectivity index (χ2n) is 12.9. The highest BCUT2D eigenvalue weighted by Crippen LogP contribution is 2.41. The highest BCUT2D eigenvalue weighted by molar-refractivity contribution is 5.85. The van der Waals surface area contributed by atoms with Gasteiger partial charge in [0.15, 0.2) is 11.5 Å². The van der Waals surface area contributed by atoms with Crippen molar-refractivity contribution >= 4 is 0 Å². The number of para-hydroxylation sites is 1. The molecule has 0 spiro atoms. The minimum absolute atomic E-state index is 0.279. The Labute approximate surface area is 310 Å². The van der Waals surface area contributed by atoms with Gasteiger partial charge in [0.2, 0.25) is 5.88 Å². The number of hydrogen-bond acceptors (Lipinski definition) is 7. The maximum absolute atomic E-state index is 6.39. The Balaban J connectivity index is 1.23. The molecule has 7 aromatic rings. The summed E-state index contributed by atoms with van der Waals surface area (Å²) in [6, 6.07) is 52.2. The van der Waals surface area contributed by atoms with Crippen LogP contribution in [0, 0.1) is 0 Å². The predicted octanol–water partition coefficient (Wildman–Crippen LogP) is 10.1. The second-order valence-corrected chi connectivity index (χ2v) is 12.9. The lowest BCUT2D eigenvalue weighted by molar-refractivity contribution is 0.190. The lowest BCUT2D eigenvalue weighted by Gasteiger charge is -2.25. The van der Waals surface area contributed by atoms with E-state index in [4.69, 9.17) is 28.9 Å². The molecule has 0 aliphatic heterocycles. The van der Waals surface area contributed by atoms with E-state index in [-0.39, 0.29) is 6.61 Å². The first kappa shape index (κ1) is 35.0. The summed E-state index contributed by atoms with van der Waals surface area (Å²) in [6.07, 6.45) is 1.70. The third kappa shape index (κ3) is 8.71. The molecule has 0 N–H and O–H groups in total. The van der Waals surface area contributed by atoms with Gasteiger partial charge < -0.3 is 18.9 Å². The lowest BCUT2D eigenvalue weighted by atomic mass is 9.84. The zero-order valence-corrected chi connectivity index (χ0v) is 29.9. The third-order valence-corrected chi connectivity index (χ3v) is 8.87. The van der Waals surface area contributed by atoms with Crippen LogP contribution in [0.2, 0.25) is 0 Å². The van der Waals surface area contributed by atoms with E-state index in [1.54, 1.807) is 6.20 Å². The van der Waals surface area contributed by atoms with Crippen molar-refractivity contribution in [2.24, 2.45) is 0 Å². The van der Waals surface area contributed by atoms with E-state index in [0.717, 1.165) is 50.8 Å². The first-order chi connectivity index (χ1) is 26.0. The van der Waals surface area contributed by atoms with Crippen LogP contribution in [-0.4, -0.2) is 41.4 Å². The van der Waals surface area contributed by atoms with Gasteiger partial charge in [0.25, 0.3) is 0 Å². The van der Waals surface area contributed by atoms with Crippen molar-refractivity contribution in [1.82, 2.24) is 15.0 Å². The van der Waals surface area contributed by atoms with Gasteiger partial charge in [-0.3, -0.25) is 9.97 Å². The fraction of sp³-hybridized carbons (Fsp3) is 0.152. The summed E-state index contributed by atoms with van der Waals surface area (Å²) >= 11 is 0. The number of hydrogen-bond donors (Lipinski definition) is 0. The second kappa shape index (κ2) is 16.7. The van der Waals surface area contributed by atoms with Crippen molar-refractivity contribution in [3.05, 3.63) is 175 Å². The number of nitrogens with zero attached hydrogens (tertiary/aromatic N) is 3. The highest BCUT2D eigenvalue weighted by atomic mass is 16.6. The topological polar surface area (TPSA) is 75.6 Å². The van der Waals surface area contributed by atoms with Gasteiger partial charge in [0.05, 0.1) is 22.8 Å². The first-order valence-electron chi connectivity index (χ1n) is 17.8. The Morgan fingerprint density at radius 2 is 0.981 bits per heavy atom. The van der Waals surface area contributed by atoms with E-state index in [0.29, 0.717) is 37.2 Å². The zero-order valence-electron chi connectivity index (χ0n) is 29.9. The van der Waals surface area contributed by atoms with Crippen molar-refractivity contribution in [2.75, 3.05) is 26.4 Å². The Kier molecular flexibility index (Phi) is 11.0. The van der Waals surface area contributed by atoms with Crippen molar-refractivity contribution in [2.45, 2.75) is 19.3 Å². The molecule has 7 rings (SSSR count). The van der Waals surface area contributed by atoms with Gasteiger partial charge in [0, 0.05) is 28.8 Å². The number of benzene rings is 4. The molecule has 0 saturated carbocycles. The number of rotatable bonds is 15. The van der Waals surface area contributed by atoms with Crippen LogP contribution in [0.25, 0.3) is 33.6 Å². The number of pyridine rings is 3. The fourth-order valence-electron chi connectivity index (χ4n) is 6.03. The normalized spacial score (nSPS) is 11.1. The van der Waals surface area contributed by atoms with Crippen LogP contribution < -0.4 is 18.9 Å². The van der Waals surface area contributed by atoms with Gasteiger partial charge in [-0.25, -0.2) is 4.98 Å². The van der Waals surface area contributed by atoms with Crippen LogP contribution in [0.4, 0.5) is 0 Å². The minimum atomic E-state index is -0.488. The Morgan fingerprint density at radius 3 is 1.62 bits per heavy atom. The molecule has 0 bridgehead atoms. The van der Waals surface area contributed by atoms with E-state index < -0.39 is 5.41 Å². The van der Waals surface area contributed by atoms with E-state index in [2.05, 4.69) is 67.4 Å². The van der Waals surface area contributed by atoms with Crippen LogP contribution in [0.1, 0.15) is 25.2 Å². The smallest absolute Gasteiger partial charge is 0.213 e. The molecule has 0 aliphatic carbocycles. The van der Waals surface area contributed by atoms with Crippen LogP contribution >= 0.6 is 0 Å². The first-order valence-corrected chi connectivity index (χ1v) is 17.8. The molecule has 0 radical (unpaired) electrons. The Bertz CT molecular complexity index is 2210. The number of ether oxygens (including phenoxy) is 4. The van der Waals surface area contributed by atoms with Crippen molar-refractivity contribution < 1.29 is 18.9 Å². The van der Waals surface area contributed by atoms with Crippen molar-refractivity contribution in [1.29, 1.82) is 0 Å². The quantitative estimate of drug-likeness (QED) is 0.0986. The standard InChI is InChI=1S/C46H41N3O4/c1-46(2,43-24-14-22-39(48-43)35-18-8-4-9-19-35)44-25-15-23-40(49-44)38-33-42(52-30-31-53-45-26-12-13-27-47-45)41(32-37(38)34-16-6-3-7-17-34)51-29-28-50-36-20-10-5-11-21-36/h3-27,32-33H,28-31H2,1-2H3. The van der Waals surface area contributed by atoms with Gasteiger partial charge in [-0.05, 0) is 79.6 Å². The molecule has 7 nitrogen and oxygen atoms in total. The molecule has 3 aromatic heterocycles. The molecular weight excluding hydrogens is 659 g/mol. The molecule has 3 heterocycles. The molecule has 0 unspecified atom stereocenters. The maximum Gasteiger partial charge on any atom is 0.213 e. The lowest BCUT2D eigenvalue weighted by Crippen LogP contribution is -2.22. The largest absolute Gasteiger partial charge is 0.490 e. The monoisotopic (exact) mass is 699 g/mol. The van der Waals surface area contributed by atoms with Crippen LogP contribution in [-0.2, 0) is 5.41 Å². The summed E-state index contributed by atoms with van der Waals surface area (Å²) < 4.78 is 24.5. The third-order valence-electron chi connectivity index (χ3n) is 8.87. The van der Waals surface area contributed by atoms with E-state index in [9.17, 15) is 0 Å². The molecule has 0 aliphatic rings. The summed E-state index contributed by atoms with van der Waals surface area (Å²) in [5.41, 5.74) is 7.06. The predicted molar refractivity (Wildman–Crippen MR) is 210 cm³/mol.